The second-order valence-electron chi connectivity index (χ2n) is 8.18. The van der Waals surface area contributed by atoms with E-state index < -0.39 is 5.41 Å². The summed E-state index contributed by atoms with van der Waals surface area (Å²) in [6.07, 6.45) is 3.50. The molecule has 0 radical (unpaired) electrons. The van der Waals surface area contributed by atoms with Crippen LogP contribution in [0, 0.1) is 5.41 Å². The van der Waals surface area contributed by atoms with Crippen molar-refractivity contribution in [3.8, 4) is 17.2 Å². The highest BCUT2D eigenvalue weighted by Gasteiger charge is 2.30. The molecule has 148 valence electrons. The Bertz CT molecular complexity index is 1070. The zero-order valence-electron chi connectivity index (χ0n) is 16.8. The number of rotatable bonds is 2. The van der Waals surface area contributed by atoms with E-state index in [1.165, 1.54) is 0 Å². The average molecular weight is 390 g/mol. The SMILES string of the molecule is C[C@H]1Oc2ccccc2C=C1C=C1Oc2cc(OC(=O)C(C)(C)C)ccc2C1=O. The highest BCUT2D eigenvalue weighted by molar-refractivity contribution is 6.12. The Balaban J connectivity index is 1.60. The summed E-state index contributed by atoms with van der Waals surface area (Å²) >= 11 is 0. The first-order valence-electron chi connectivity index (χ1n) is 9.50. The standard InChI is InChI=1S/C24H22O5/c1-14-16(11-15-7-5-6-8-19(15)27-14)12-21-22(25)18-10-9-17(13-20(18)29-21)28-23(26)24(2,3)4/h5-14H,1-4H3/t14-/m1/s1. The molecule has 5 nitrogen and oxygen atoms in total. The predicted octanol–water partition coefficient (Wildman–Crippen LogP) is 4.96. The largest absolute Gasteiger partial charge is 0.485 e. The molecule has 2 aromatic rings. The number of esters is 1. The summed E-state index contributed by atoms with van der Waals surface area (Å²) in [5, 5.41) is 0. The van der Waals surface area contributed by atoms with Crippen LogP contribution in [-0.2, 0) is 4.79 Å². The van der Waals surface area contributed by atoms with Crippen LogP contribution in [0.25, 0.3) is 6.08 Å². The van der Waals surface area contributed by atoms with Gasteiger partial charge in [0, 0.05) is 11.6 Å². The van der Waals surface area contributed by atoms with Gasteiger partial charge in [-0.2, -0.15) is 0 Å². The molecule has 1 atom stereocenters. The fourth-order valence-corrected chi connectivity index (χ4v) is 3.06. The number of allylic oxidation sites excluding steroid dienone is 1. The first-order chi connectivity index (χ1) is 13.7. The molecular weight excluding hydrogens is 368 g/mol. The second kappa shape index (κ2) is 6.92. The molecular formula is C24H22O5. The number of benzene rings is 2. The summed E-state index contributed by atoms with van der Waals surface area (Å²) in [7, 11) is 0. The van der Waals surface area contributed by atoms with Crippen LogP contribution in [0.1, 0.15) is 43.6 Å². The normalized spacial score (nSPS) is 19.0. The first-order valence-corrected chi connectivity index (χ1v) is 9.50. The van der Waals surface area contributed by atoms with E-state index >= 15 is 0 Å². The van der Waals surface area contributed by atoms with Crippen molar-refractivity contribution in [1.82, 2.24) is 0 Å². The van der Waals surface area contributed by atoms with Crippen molar-refractivity contribution >= 4 is 17.8 Å². The fourth-order valence-electron chi connectivity index (χ4n) is 3.06. The smallest absolute Gasteiger partial charge is 0.316 e. The van der Waals surface area contributed by atoms with Gasteiger partial charge in [-0.3, -0.25) is 9.59 Å². The van der Waals surface area contributed by atoms with Crippen molar-refractivity contribution in [2.45, 2.75) is 33.8 Å². The molecule has 0 amide bonds. The number of carbonyl (C=O) groups excluding carboxylic acids is 2. The summed E-state index contributed by atoms with van der Waals surface area (Å²) in [6.45, 7) is 7.27. The van der Waals surface area contributed by atoms with E-state index in [0.29, 0.717) is 17.1 Å². The Morgan fingerprint density at radius 3 is 2.62 bits per heavy atom. The Morgan fingerprint density at radius 1 is 1.10 bits per heavy atom. The van der Waals surface area contributed by atoms with Crippen LogP contribution >= 0.6 is 0 Å². The Hall–Kier alpha value is -3.34. The van der Waals surface area contributed by atoms with E-state index in [1.807, 2.05) is 37.3 Å². The minimum atomic E-state index is -0.624. The lowest BCUT2D eigenvalue weighted by Crippen LogP contribution is -2.25. The van der Waals surface area contributed by atoms with Crippen LogP contribution in [0.3, 0.4) is 0 Å². The van der Waals surface area contributed by atoms with Gasteiger partial charge in [-0.15, -0.1) is 0 Å². The zero-order valence-corrected chi connectivity index (χ0v) is 16.8. The molecule has 2 heterocycles. The lowest BCUT2D eigenvalue weighted by atomic mass is 9.97. The van der Waals surface area contributed by atoms with Gasteiger partial charge in [-0.05, 0) is 63.6 Å². The van der Waals surface area contributed by atoms with Crippen LogP contribution in [-0.4, -0.2) is 17.9 Å². The third-order valence-electron chi connectivity index (χ3n) is 4.78. The molecule has 5 heteroatoms. The van der Waals surface area contributed by atoms with Crippen LogP contribution in [0.2, 0.25) is 0 Å². The molecule has 4 rings (SSSR count). The van der Waals surface area contributed by atoms with Gasteiger partial charge < -0.3 is 14.2 Å². The maximum Gasteiger partial charge on any atom is 0.316 e. The van der Waals surface area contributed by atoms with E-state index in [2.05, 4.69) is 0 Å². The Labute approximate surface area is 169 Å². The molecule has 29 heavy (non-hydrogen) atoms. The monoisotopic (exact) mass is 390 g/mol. The van der Waals surface area contributed by atoms with Gasteiger partial charge in [-0.1, -0.05) is 18.2 Å². The lowest BCUT2D eigenvalue weighted by molar-refractivity contribution is -0.143. The van der Waals surface area contributed by atoms with Crippen LogP contribution in [0.4, 0.5) is 0 Å². The summed E-state index contributed by atoms with van der Waals surface area (Å²) in [5.74, 6) is 1.20. The van der Waals surface area contributed by atoms with E-state index in [-0.39, 0.29) is 23.6 Å². The summed E-state index contributed by atoms with van der Waals surface area (Å²) in [6, 6.07) is 12.5. The molecule has 2 aromatic carbocycles. The van der Waals surface area contributed by atoms with Crippen LogP contribution < -0.4 is 14.2 Å². The van der Waals surface area contributed by atoms with Gasteiger partial charge in [0.15, 0.2) is 5.76 Å². The molecule has 0 fully saturated rings. The van der Waals surface area contributed by atoms with Gasteiger partial charge in [0.1, 0.15) is 23.4 Å². The third kappa shape index (κ3) is 3.68. The molecule has 0 saturated heterocycles. The average Bonchev–Trinajstić information content (AvgIpc) is 2.96. The van der Waals surface area contributed by atoms with Crippen molar-refractivity contribution in [2.75, 3.05) is 0 Å². The number of hydrogen-bond donors (Lipinski definition) is 0. The van der Waals surface area contributed by atoms with Crippen molar-refractivity contribution in [3.05, 3.63) is 71.0 Å². The minimum Gasteiger partial charge on any atom is -0.485 e. The van der Waals surface area contributed by atoms with E-state index in [4.69, 9.17) is 14.2 Å². The zero-order chi connectivity index (χ0) is 20.8. The van der Waals surface area contributed by atoms with E-state index in [9.17, 15) is 9.59 Å². The number of ether oxygens (including phenoxy) is 3. The molecule has 0 aromatic heterocycles. The quantitative estimate of drug-likeness (QED) is 0.412. The molecule has 2 aliphatic rings. The third-order valence-corrected chi connectivity index (χ3v) is 4.78. The van der Waals surface area contributed by atoms with Gasteiger partial charge in [-0.25, -0.2) is 0 Å². The summed E-state index contributed by atoms with van der Waals surface area (Å²) in [5.41, 5.74) is 1.62. The Kier molecular flexibility index (Phi) is 4.53. The number of carbonyl (C=O) groups is 2. The highest BCUT2D eigenvalue weighted by Crippen LogP contribution is 2.37. The lowest BCUT2D eigenvalue weighted by Gasteiger charge is -2.22. The summed E-state index contributed by atoms with van der Waals surface area (Å²) < 4.78 is 17.1. The molecule has 0 bridgehead atoms. The minimum absolute atomic E-state index is 0.208. The maximum atomic E-state index is 12.7. The van der Waals surface area contributed by atoms with Crippen molar-refractivity contribution in [2.24, 2.45) is 5.41 Å². The van der Waals surface area contributed by atoms with Gasteiger partial charge >= 0.3 is 5.97 Å². The number of hydrogen-bond acceptors (Lipinski definition) is 5. The van der Waals surface area contributed by atoms with Crippen molar-refractivity contribution < 1.29 is 23.8 Å². The summed E-state index contributed by atoms with van der Waals surface area (Å²) in [4.78, 5) is 24.8. The van der Waals surface area contributed by atoms with Crippen molar-refractivity contribution in [1.29, 1.82) is 0 Å². The number of ketones is 1. The second-order valence-corrected chi connectivity index (χ2v) is 8.18. The first kappa shape index (κ1) is 19.0. The molecule has 0 aliphatic carbocycles. The van der Waals surface area contributed by atoms with Crippen LogP contribution in [0.5, 0.6) is 17.2 Å². The maximum absolute atomic E-state index is 12.7. The number of para-hydroxylation sites is 1. The van der Waals surface area contributed by atoms with Gasteiger partial charge in [0.05, 0.1) is 11.0 Å². The number of fused-ring (bicyclic) bond motifs is 2. The predicted molar refractivity (Wildman–Crippen MR) is 109 cm³/mol. The molecule has 0 saturated carbocycles. The number of Topliss-reactive ketones (excluding diaryl/α,β-unsaturated/α-hetero) is 1. The topological polar surface area (TPSA) is 61.8 Å². The van der Waals surface area contributed by atoms with Gasteiger partial charge in [0.2, 0.25) is 5.78 Å². The molecule has 0 unspecified atom stereocenters. The molecule has 0 N–H and O–H groups in total. The van der Waals surface area contributed by atoms with Crippen LogP contribution in [0.15, 0.2) is 59.9 Å². The molecule has 2 aliphatic heterocycles. The van der Waals surface area contributed by atoms with E-state index in [1.54, 1.807) is 45.0 Å². The fraction of sp³-hybridized carbons (Fsp3) is 0.250. The molecule has 0 spiro atoms. The Morgan fingerprint density at radius 2 is 1.86 bits per heavy atom. The van der Waals surface area contributed by atoms with Gasteiger partial charge in [0.25, 0.3) is 0 Å². The van der Waals surface area contributed by atoms with Crippen molar-refractivity contribution in [3.63, 3.8) is 0 Å². The highest BCUT2D eigenvalue weighted by atomic mass is 16.5. The van der Waals surface area contributed by atoms with E-state index in [0.717, 1.165) is 16.9 Å².